The van der Waals surface area contributed by atoms with Gasteiger partial charge in [-0.15, -0.1) is 0 Å². The highest BCUT2D eigenvalue weighted by Crippen LogP contribution is 2.09. The summed E-state index contributed by atoms with van der Waals surface area (Å²) in [5.41, 5.74) is 0.934. The molecule has 1 aromatic rings. The van der Waals surface area contributed by atoms with E-state index in [2.05, 4.69) is 3.07 Å². The zero-order valence-electron chi connectivity index (χ0n) is 11.7. The molecule has 1 rings (SSSR count). The molecule has 0 saturated carbocycles. The minimum absolute atomic E-state index is 0.186. The molecule has 22 heavy (non-hydrogen) atoms. The Hall–Kier alpha value is -0.620. The van der Waals surface area contributed by atoms with Crippen LogP contribution >= 0.6 is 23.0 Å². The van der Waals surface area contributed by atoms with Crippen molar-refractivity contribution in [2.45, 2.75) is 31.0 Å². The van der Waals surface area contributed by atoms with Crippen LogP contribution in [0, 0.1) is 0 Å². The minimum Gasteiger partial charge on any atom is -0.388 e. The van der Waals surface area contributed by atoms with E-state index in [-0.39, 0.29) is 20.0 Å². The van der Waals surface area contributed by atoms with E-state index in [1.807, 2.05) is 30.3 Å². The first-order chi connectivity index (χ1) is 10.6. The number of rotatable bonds is 11. The largest absolute Gasteiger partial charge is 0.388 e. The molecular weight excluding hydrogens is 407 g/mol. The van der Waals surface area contributed by atoms with Crippen molar-refractivity contribution in [1.29, 1.82) is 0 Å². The van der Waals surface area contributed by atoms with Crippen LogP contribution in [0.4, 0.5) is 0 Å². The maximum atomic E-state index is 10.9. The summed E-state index contributed by atoms with van der Waals surface area (Å²) in [6.07, 6.45) is -5.45. The highest BCUT2D eigenvalue weighted by molar-refractivity contribution is 14.1. The molecule has 124 valence electrons. The van der Waals surface area contributed by atoms with E-state index in [1.165, 1.54) is 0 Å². The summed E-state index contributed by atoms with van der Waals surface area (Å²) in [4.78, 5) is 10.9. The summed E-state index contributed by atoms with van der Waals surface area (Å²) >= 11 is 1.55. The first-order valence-electron chi connectivity index (χ1n) is 6.56. The van der Waals surface area contributed by atoms with Gasteiger partial charge in [-0.05, 0) is 5.56 Å². The van der Waals surface area contributed by atoms with Crippen LogP contribution in [0.15, 0.2) is 30.3 Å². The number of hydrogen-bond donors (Lipinski definition) is 3. The standard InChI is InChI=1S/C14H19IO7/c15-22-8-11(17)13(18)14(19)12(6-16)21-9-20-7-10-4-2-1-3-5-10/h1-6,11-14,17-19H,7-9H2/t11-,12+,13+,14-/m1/s1. The Kier molecular flexibility index (Phi) is 9.71. The minimum atomic E-state index is -1.58. The van der Waals surface area contributed by atoms with Gasteiger partial charge in [-0.1, -0.05) is 30.3 Å². The van der Waals surface area contributed by atoms with Crippen LogP contribution in [0.3, 0.4) is 0 Å². The molecule has 3 N–H and O–H groups in total. The Balaban J connectivity index is 2.36. The highest BCUT2D eigenvalue weighted by atomic mass is 127. The monoisotopic (exact) mass is 426 g/mol. The van der Waals surface area contributed by atoms with Crippen LogP contribution in [0.25, 0.3) is 0 Å². The van der Waals surface area contributed by atoms with Gasteiger partial charge in [0.25, 0.3) is 0 Å². The molecule has 0 unspecified atom stereocenters. The molecule has 0 aliphatic heterocycles. The molecule has 1 aromatic carbocycles. The number of ether oxygens (including phenoxy) is 2. The molecule has 0 heterocycles. The highest BCUT2D eigenvalue weighted by Gasteiger charge is 2.32. The fourth-order valence-corrected chi connectivity index (χ4v) is 2.03. The lowest BCUT2D eigenvalue weighted by Gasteiger charge is -2.25. The number of carbonyl (C=O) groups is 1. The van der Waals surface area contributed by atoms with Gasteiger partial charge in [0, 0.05) is 0 Å². The maximum Gasteiger partial charge on any atom is 0.151 e. The van der Waals surface area contributed by atoms with E-state index >= 15 is 0 Å². The van der Waals surface area contributed by atoms with Crippen molar-refractivity contribution in [1.82, 2.24) is 0 Å². The van der Waals surface area contributed by atoms with Gasteiger partial charge >= 0.3 is 0 Å². The topological polar surface area (TPSA) is 105 Å². The molecule has 0 amide bonds. The number of aliphatic hydroxyl groups is 3. The number of carbonyl (C=O) groups excluding carboxylic acids is 1. The van der Waals surface area contributed by atoms with E-state index in [0.717, 1.165) is 5.56 Å². The first kappa shape index (κ1) is 19.4. The molecule has 0 aliphatic carbocycles. The quantitative estimate of drug-likeness (QED) is 0.201. The van der Waals surface area contributed by atoms with E-state index in [9.17, 15) is 20.1 Å². The second kappa shape index (κ2) is 11.0. The second-order valence-electron chi connectivity index (χ2n) is 4.54. The summed E-state index contributed by atoms with van der Waals surface area (Å²) in [6, 6.07) is 9.35. The fraction of sp³-hybridized carbons (Fsp3) is 0.500. The number of aldehydes is 1. The van der Waals surface area contributed by atoms with Crippen LogP contribution in [-0.2, 0) is 23.9 Å². The van der Waals surface area contributed by atoms with E-state index in [4.69, 9.17) is 9.47 Å². The van der Waals surface area contributed by atoms with Gasteiger partial charge in [-0.2, -0.15) is 0 Å². The molecular formula is C14H19IO7. The first-order valence-corrected chi connectivity index (χ1v) is 7.44. The van der Waals surface area contributed by atoms with Gasteiger partial charge in [0.1, 0.15) is 54.2 Å². The predicted octanol–water partition coefficient (Wildman–Crippen LogP) is 0.194. The van der Waals surface area contributed by atoms with Crippen molar-refractivity contribution in [2.24, 2.45) is 0 Å². The average Bonchev–Trinajstić information content (AvgIpc) is 2.55. The molecule has 0 aliphatic rings. The van der Waals surface area contributed by atoms with Crippen molar-refractivity contribution in [3.63, 3.8) is 0 Å². The van der Waals surface area contributed by atoms with Gasteiger partial charge < -0.3 is 32.7 Å². The zero-order valence-corrected chi connectivity index (χ0v) is 13.9. The smallest absolute Gasteiger partial charge is 0.151 e. The van der Waals surface area contributed by atoms with E-state index in [1.54, 1.807) is 23.0 Å². The van der Waals surface area contributed by atoms with E-state index in [0.29, 0.717) is 6.29 Å². The zero-order chi connectivity index (χ0) is 16.4. The second-order valence-corrected chi connectivity index (χ2v) is 5.17. The third kappa shape index (κ3) is 6.65. The summed E-state index contributed by atoms with van der Waals surface area (Å²) in [5.74, 6) is 0. The SMILES string of the molecule is O=C[C@H](OCOCc1ccccc1)[C@@H](O)[C@@H](O)[C@H](O)COI. The summed E-state index contributed by atoms with van der Waals surface area (Å²) in [5, 5.41) is 29.0. The van der Waals surface area contributed by atoms with Gasteiger partial charge in [0.2, 0.25) is 0 Å². The number of benzene rings is 1. The Morgan fingerprint density at radius 3 is 2.41 bits per heavy atom. The molecule has 0 saturated heterocycles. The van der Waals surface area contributed by atoms with E-state index < -0.39 is 24.4 Å². The molecule has 8 heteroatoms. The molecule has 0 aromatic heterocycles. The number of halogens is 1. The molecule has 4 atom stereocenters. The summed E-state index contributed by atoms with van der Waals surface area (Å²) < 4.78 is 14.9. The Bertz CT molecular complexity index is 417. The Morgan fingerprint density at radius 2 is 1.82 bits per heavy atom. The lowest BCUT2D eigenvalue weighted by Crippen LogP contribution is -2.47. The van der Waals surface area contributed by atoms with Gasteiger partial charge in [-0.25, -0.2) is 0 Å². The molecule has 0 radical (unpaired) electrons. The van der Waals surface area contributed by atoms with Gasteiger partial charge in [0.05, 0.1) is 13.2 Å². The third-order valence-corrected chi connectivity index (χ3v) is 3.26. The van der Waals surface area contributed by atoms with Crippen LogP contribution < -0.4 is 0 Å². The Labute approximate surface area is 142 Å². The number of aliphatic hydroxyl groups excluding tert-OH is 3. The predicted molar refractivity (Wildman–Crippen MR) is 85.0 cm³/mol. The van der Waals surface area contributed by atoms with Crippen molar-refractivity contribution in [3.05, 3.63) is 35.9 Å². The molecule has 7 nitrogen and oxygen atoms in total. The van der Waals surface area contributed by atoms with Crippen LogP contribution in [-0.4, -0.2) is 59.4 Å². The van der Waals surface area contributed by atoms with Crippen LogP contribution in [0.2, 0.25) is 0 Å². The van der Waals surface area contributed by atoms with Crippen molar-refractivity contribution in [3.8, 4) is 0 Å². The fourth-order valence-electron chi connectivity index (χ4n) is 1.66. The molecule has 0 spiro atoms. The van der Waals surface area contributed by atoms with Crippen molar-refractivity contribution >= 4 is 29.3 Å². The lowest BCUT2D eigenvalue weighted by atomic mass is 10.0. The summed E-state index contributed by atoms with van der Waals surface area (Å²) in [7, 11) is 0. The molecule has 0 bridgehead atoms. The van der Waals surface area contributed by atoms with Crippen LogP contribution in [0.5, 0.6) is 0 Å². The van der Waals surface area contributed by atoms with Crippen LogP contribution in [0.1, 0.15) is 5.56 Å². The normalized spacial score (nSPS) is 16.7. The number of hydrogen-bond acceptors (Lipinski definition) is 7. The average molecular weight is 426 g/mol. The maximum absolute atomic E-state index is 10.9. The third-order valence-electron chi connectivity index (χ3n) is 2.90. The lowest BCUT2D eigenvalue weighted by molar-refractivity contribution is -0.168. The van der Waals surface area contributed by atoms with Crippen molar-refractivity contribution in [2.75, 3.05) is 13.4 Å². The summed E-state index contributed by atoms with van der Waals surface area (Å²) in [6.45, 7) is -0.133. The Morgan fingerprint density at radius 1 is 1.14 bits per heavy atom. The van der Waals surface area contributed by atoms with Crippen molar-refractivity contribution < 1.29 is 32.7 Å². The van der Waals surface area contributed by atoms with Gasteiger partial charge in [-0.3, -0.25) is 0 Å². The molecule has 0 fully saturated rings. The van der Waals surface area contributed by atoms with Gasteiger partial charge in [0.15, 0.2) is 6.29 Å².